The molecule has 1 N–H and O–H groups in total. The van der Waals surface area contributed by atoms with E-state index >= 15 is 0 Å². The highest BCUT2D eigenvalue weighted by Gasteiger charge is 2.38. The van der Waals surface area contributed by atoms with Crippen molar-refractivity contribution >= 4 is 11.5 Å². The van der Waals surface area contributed by atoms with E-state index in [4.69, 9.17) is 0 Å². The lowest BCUT2D eigenvalue weighted by molar-refractivity contribution is -0.121. The van der Waals surface area contributed by atoms with Crippen LogP contribution in [0.2, 0.25) is 0 Å². The fourth-order valence-electron chi connectivity index (χ4n) is 2.68. The zero-order chi connectivity index (χ0) is 9.54. The Bertz CT molecular complexity index is 386. The zero-order valence-electron chi connectivity index (χ0n) is 7.99. The molecule has 0 unspecified atom stereocenters. The third-order valence-corrected chi connectivity index (χ3v) is 3.36. The van der Waals surface area contributed by atoms with Crippen LogP contribution in [-0.4, -0.2) is 11.8 Å². The number of fused-ring (bicyclic) bond motifs is 3. The predicted octanol–water partition coefficient (Wildman–Crippen LogP) is 2.32. The summed E-state index contributed by atoms with van der Waals surface area (Å²) >= 11 is 0. The van der Waals surface area contributed by atoms with Crippen molar-refractivity contribution in [3.8, 4) is 0 Å². The maximum atomic E-state index is 11.7. The Kier molecular flexibility index (Phi) is 1.63. The molecule has 72 valence electrons. The fourth-order valence-corrected chi connectivity index (χ4v) is 2.68. The molecule has 0 radical (unpaired) electrons. The van der Waals surface area contributed by atoms with Gasteiger partial charge in [-0.3, -0.25) is 4.79 Å². The van der Waals surface area contributed by atoms with Gasteiger partial charge in [-0.25, -0.2) is 0 Å². The summed E-state index contributed by atoms with van der Waals surface area (Å²) in [7, 11) is 0. The molecule has 3 rings (SSSR count). The van der Waals surface area contributed by atoms with Crippen molar-refractivity contribution in [2.24, 2.45) is 0 Å². The van der Waals surface area contributed by atoms with Crippen molar-refractivity contribution < 1.29 is 4.79 Å². The molecule has 1 aliphatic heterocycles. The maximum Gasteiger partial charge on any atom is 0.155 e. The molecule has 14 heavy (non-hydrogen) atoms. The highest BCUT2D eigenvalue weighted by Crippen LogP contribution is 2.41. The van der Waals surface area contributed by atoms with Crippen LogP contribution in [0.3, 0.4) is 0 Å². The van der Waals surface area contributed by atoms with Crippen LogP contribution in [0.5, 0.6) is 0 Å². The summed E-state index contributed by atoms with van der Waals surface area (Å²) in [4.78, 5) is 11.7. The van der Waals surface area contributed by atoms with Crippen LogP contribution >= 0.6 is 0 Å². The summed E-state index contributed by atoms with van der Waals surface area (Å²) < 4.78 is 0. The molecule has 2 aliphatic rings. The van der Waals surface area contributed by atoms with Gasteiger partial charge in [-0.05, 0) is 24.5 Å². The first kappa shape index (κ1) is 8.04. The van der Waals surface area contributed by atoms with E-state index in [2.05, 4.69) is 23.5 Å². The molecular formula is C12H13NO. The lowest BCUT2D eigenvalue weighted by Gasteiger charge is -2.23. The van der Waals surface area contributed by atoms with Gasteiger partial charge in [0.05, 0.1) is 6.04 Å². The predicted molar refractivity (Wildman–Crippen MR) is 55.5 cm³/mol. The van der Waals surface area contributed by atoms with Crippen molar-refractivity contribution in [2.75, 3.05) is 5.32 Å². The van der Waals surface area contributed by atoms with Gasteiger partial charge in [-0.2, -0.15) is 0 Å². The van der Waals surface area contributed by atoms with Crippen molar-refractivity contribution in [3.05, 3.63) is 29.8 Å². The van der Waals surface area contributed by atoms with E-state index < -0.39 is 0 Å². The van der Waals surface area contributed by atoms with E-state index in [0.717, 1.165) is 24.9 Å². The number of hydrogen-bond donors (Lipinski definition) is 1. The van der Waals surface area contributed by atoms with E-state index in [1.54, 1.807) is 0 Å². The maximum absolute atomic E-state index is 11.7. The SMILES string of the molecule is O=C1CCC[C@H]2c3ccccc3N[C@@H]12. The normalized spacial score (nSPS) is 29.3. The second-order valence-electron chi connectivity index (χ2n) is 4.17. The Hall–Kier alpha value is -1.31. The van der Waals surface area contributed by atoms with Gasteiger partial charge in [-0.15, -0.1) is 0 Å². The minimum atomic E-state index is 0.0705. The number of hydrogen-bond acceptors (Lipinski definition) is 2. The highest BCUT2D eigenvalue weighted by atomic mass is 16.1. The Morgan fingerprint density at radius 1 is 1.29 bits per heavy atom. The van der Waals surface area contributed by atoms with Crippen molar-refractivity contribution in [2.45, 2.75) is 31.2 Å². The topological polar surface area (TPSA) is 29.1 Å². The molecule has 2 atom stereocenters. The molecule has 1 aromatic carbocycles. The molecule has 2 nitrogen and oxygen atoms in total. The fraction of sp³-hybridized carbons (Fsp3) is 0.417. The summed E-state index contributed by atoms with van der Waals surface area (Å²) in [6.07, 6.45) is 2.96. The standard InChI is InChI=1S/C12H13NO/c14-11-7-3-5-9-8-4-1-2-6-10(8)13-12(9)11/h1-2,4,6,9,12-13H,3,5,7H2/t9-,12+/m0/s1. The smallest absolute Gasteiger partial charge is 0.155 e. The Morgan fingerprint density at radius 2 is 2.14 bits per heavy atom. The molecule has 1 aromatic rings. The number of benzene rings is 1. The second kappa shape index (κ2) is 2.84. The van der Waals surface area contributed by atoms with Gasteiger partial charge in [0.2, 0.25) is 0 Å². The van der Waals surface area contributed by atoms with Crippen molar-refractivity contribution in [1.82, 2.24) is 0 Å². The van der Waals surface area contributed by atoms with Crippen molar-refractivity contribution in [3.63, 3.8) is 0 Å². The molecular weight excluding hydrogens is 174 g/mol. The molecule has 0 aromatic heterocycles. The highest BCUT2D eigenvalue weighted by molar-refractivity contribution is 5.91. The van der Waals surface area contributed by atoms with Crippen LogP contribution < -0.4 is 5.32 Å². The lowest BCUT2D eigenvalue weighted by Crippen LogP contribution is -2.33. The van der Waals surface area contributed by atoms with Crippen molar-refractivity contribution in [1.29, 1.82) is 0 Å². The van der Waals surface area contributed by atoms with E-state index in [0.29, 0.717) is 11.7 Å². The third kappa shape index (κ3) is 0.999. The molecule has 1 aliphatic carbocycles. The zero-order valence-corrected chi connectivity index (χ0v) is 7.99. The Morgan fingerprint density at radius 3 is 3.07 bits per heavy atom. The summed E-state index contributed by atoms with van der Waals surface area (Å²) in [5, 5.41) is 3.34. The van der Waals surface area contributed by atoms with Crippen LogP contribution in [0.1, 0.15) is 30.7 Å². The average molecular weight is 187 g/mol. The Balaban J connectivity index is 2.04. The number of anilines is 1. The van der Waals surface area contributed by atoms with Gasteiger partial charge >= 0.3 is 0 Å². The second-order valence-corrected chi connectivity index (χ2v) is 4.17. The molecule has 1 heterocycles. The molecule has 1 fully saturated rings. The van der Waals surface area contributed by atoms with E-state index in [-0.39, 0.29) is 6.04 Å². The number of para-hydroxylation sites is 1. The van der Waals surface area contributed by atoms with Crippen LogP contribution in [0.4, 0.5) is 5.69 Å². The van der Waals surface area contributed by atoms with Crippen LogP contribution in [0, 0.1) is 0 Å². The van der Waals surface area contributed by atoms with Gasteiger partial charge in [0.15, 0.2) is 5.78 Å². The van der Waals surface area contributed by atoms with E-state index in [9.17, 15) is 4.79 Å². The number of carbonyl (C=O) groups excluding carboxylic acids is 1. The molecule has 0 saturated heterocycles. The summed E-state index contributed by atoms with van der Waals surface area (Å²) in [6.45, 7) is 0. The van der Waals surface area contributed by atoms with E-state index in [1.807, 2.05) is 6.07 Å². The van der Waals surface area contributed by atoms with E-state index in [1.165, 1.54) is 5.56 Å². The summed E-state index contributed by atoms with van der Waals surface area (Å²) in [6, 6.07) is 8.36. The molecule has 1 saturated carbocycles. The molecule has 2 heteroatoms. The van der Waals surface area contributed by atoms with Gasteiger partial charge in [0, 0.05) is 18.0 Å². The van der Waals surface area contributed by atoms with Gasteiger partial charge in [-0.1, -0.05) is 18.2 Å². The number of ketones is 1. The molecule has 0 bridgehead atoms. The van der Waals surface area contributed by atoms with Crippen LogP contribution in [0.25, 0.3) is 0 Å². The summed E-state index contributed by atoms with van der Waals surface area (Å²) in [5.41, 5.74) is 2.50. The first-order valence-electron chi connectivity index (χ1n) is 5.24. The largest absolute Gasteiger partial charge is 0.375 e. The van der Waals surface area contributed by atoms with Gasteiger partial charge in [0.25, 0.3) is 0 Å². The third-order valence-electron chi connectivity index (χ3n) is 3.36. The number of rotatable bonds is 0. The molecule has 0 amide bonds. The lowest BCUT2D eigenvalue weighted by atomic mass is 9.82. The van der Waals surface area contributed by atoms with Crippen LogP contribution in [-0.2, 0) is 4.79 Å². The summed E-state index contributed by atoms with van der Waals surface area (Å²) in [5.74, 6) is 0.824. The average Bonchev–Trinajstić information content (AvgIpc) is 2.59. The first-order chi connectivity index (χ1) is 6.86. The number of nitrogens with one attached hydrogen (secondary N) is 1. The molecule has 0 spiro atoms. The number of carbonyl (C=O) groups is 1. The minimum Gasteiger partial charge on any atom is -0.375 e. The quantitative estimate of drug-likeness (QED) is 0.675. The minimum absolute atomic E-state index is 0.0705. The van der Waals surface area contributed by atoms with Gasteiger partial charge in [0.1, 0.15) is 0 Å². The van der Waals surface area contributed by atoms with Crippen LogP contribution in [0.15, 0.2) is 24.3 Å². The monoisotopic (exact) mass is 187 g/mol. The first-order valence-corrected chi connectivity index (χ1v) is 5.24. The number of Topliss-reactive ketones (excluding diaryl/α,β-unsaturated/α-hetero) is 1. The Labute approximate surface area is 83.3 Å². The van der Waals surface area contributed by atoms with Gasteiger partial charge < -0.3 is 5.32 Å².